The first-order valence-corrected chi connectivity index (χ1v) is 11.9. The number of benzene rings is 2. The van der Waals surface area contributed by atoms with E-state index in [0.717, 1.165) is 11.6 Å². The molecule has 0 bridgehead atoms. The topological polar surface area (TPSA) is 103 Å². The molecular weight excluding hydrogens is 433 g/mol. The maximum Gasteiger partial charge on any atom is 0.240 e. The molecule has 1 unspecified atom stereocenters. The first-order chi connectivity index (χ1) is 14.1. The van der Waals surface area contributed by atoms with Crippen molar-refractivity contribution in [1.29, 1.82) is 0 Å². The Morgan fingerprint density at radius 1 is 1.03 bits per heavy atom. The van der Waals surface area contributed by atoms with Crippen LogP contribution in [0.1, 0.15) is 16.6 Å². The molecule has 7 nitrogen and oxygen atoms in total. The highest BCUT2D eigenvalue weighted by Gasteiger charge is 2.33. The SMILES string of the molecule is COc1ccc(S(=O)(=O)NCC(c2ccco2)S(=O)(=O)c2ccc(C)cc2)cc1F. The molecule has 3 aromatic rings. The van der Waals surface area contributed by atoms with Gasteiger partial charge >= 0.3 is 0 Å². The van der Waals surface area contributed by atoms with E-state index in [0.29, 0.717) is 0 Å². The number of nitrogens with one attached hydrogen (secondary N) is 1. The van der Waals surface area contributed by atoms with Gasteiger partial charge in [-0.15, -0.1) is 0 Å². The minimum Gasteiger partial charge on any atom is -0.494 e. The average Bonchev–Trinajstić information content (AvgIpc) is 3.22. The summed E-state index contributed by atoms with van der Waals surface area (Å²) in [7, 11) is -6.92. The van der Waals surface area contributed by atoms with Crippen LogP contribution in [0.5, 0.6) is 5.75 Å². The Bertz CT molecular complexity index is 1220. The Labute approximate surface area is 174 Å². The average molecular weight is 454 g/mol. The second-order valence-corrected chi connectivity index (χ2v) is 10.4. The molecule has 1 atom stereocenters. The molecule has 0 radical (unpaired) electrons. The van der Waals surface area contributed by atoms with Crippen molar-refractivity contribution in [2.75, 3.05) is 13.7 Å². The molecule has 1 N–H and O–H groups in total. The molecule has 0 saturated carbocycles. The van der Waals surface area contributed by atoms with Crippen LogP contribution >= 0.6 is 0 Å². The fourth-order valence-electron chi connectivity index (χ4n) is 2.81. The van der Waals surface area contributed by atoms with Gasteiger partial charge in [0.2, 0.25) is 10.0 Å². The van der Waals surface area contributed by atoms with Gasteiger partial charge in [0, 0.05) is 6.54 Å². The number of halogens is 1. The van der Waals surface area contributed by atoms with Gasteiger partial charge in [-0.25, -0.2) is 25.9 Å². The first kappa shape index (κ1) is 22.0. The van der Waals surface area contributed by atoms with Gasteiger partial charge in [0.05, 0.1) is 23.2 Å². The first-order valence-electron chi connectivity index (χ1n) is 8.82. The van der Waals surface area contributed by atoms with Crippen LogP contribution < -0.4 is 9.46 Å². The molecular formula is C20H20FNO6S2. The fraction of sp³-hybridized carbons (Fsp3) is 0.200. The van der Waals surface area contributed by atoms with Gasteiger partial charge < -0.3 is 9.15 Å². The van der Waals surface area contributed by atoms with E-state index in [1.807, 2.05) is 6.92 Å². The van der Waals surface area contributed by atoms with E-state index in [-0.39, 0.29) is 21.3 Å². The Balaban J connectivity index is 1.91. The van der Waals surface area contributed by atoms with E-state index in [1.54, 1.807) is 12.1 Å². The van der Waals surface area contributed by atoms with Crippen LogP contribution in [0.25, 0.3) is 0 Å². The van der Waals surface area contributed by atoms with Crippen molar-refractivity contribution in [2.45, 2.75) is 22.0 Å². The van der Waals surface area contributed by atoms with Crippen molar-refractivity contribution >= 4 is 19.9 Å². The van der Waals surface area contributed by atoms with Crippen LogP contribution in [0.15, 0.2) is 75.1 Å². The summed E-state index contributed by atoms with van der Waals surface area (Å²) in [6.45, 7) is 1.32. The van der Waals surface area contributed by atoms with Crippen LogP contribution in [0.3, 0.4) is 0 Å². The van der Waals surface area contributed by atoms with Gasteiger partial charge in [-0.3, -0.25) is 0 Å². The molecule has 1 aromatic heterocycles. The van der Waals surface area contributed by atoms with Gasteiger partial charge in [-0.05, 0) is 49.4 Å². The number of ether oxygens (including phenoxy) is 1. The number of sulfone groups is 1. The number of hydrogen-bond donors (Lipinski definition) is 1. The lowest BCUT2D eigenvalue weighted by Gasteiger charge is -2.17. The largest absolute Gasteiger partial charge is 0.494 e. The molecule has 10 heteroatoms. The van der Waals surface area contributed by atoms with Gasteiger partial charge in [0.25, 0.3) is 0 Å². The third kappa shape index (κ3) is 4.55. The zero-order chi connectivity index (χ0) is 21.9. The summed E-state index contributed by atoms with van der Waals surface area (Å²) in [4.78, 5) is -0.323. The normalized spacial score (nSPS) is 13.2. The smallest absolute Gasteiger partial charge is 0.240 e. The molecule has 0 saturated heterocycles. The Kier molecular flexibility index (Phi) is 6.30. The second-order valence-electron chi connectivity index (χ2n) is 6.51. The number of methoxy groups -OCH3 is 1. The molecule has 0 aliphatic heterocycles. The van der Waals surface area contributed by atoms with Crippen LogP contribution in [0.4, 0.5) is 4.39 Å². The summed E-state index contributed by atoms with van der Waals surface area (Å²) in [6.07, 6.45) is 1.31. The van der Waals surface area contributed by atoms with Gasteiger partial charge in [-0.2, -0.15) is 0 Å². The van der Waals surface area contributed by atoms with Crippen LogP contribution in [-0.2, 0) is 19.9 Å². The molecule has 0 aliphatic rings. The minimum absolute atomic E-state index is 0.0317. The summed E-state index contributed by atoms with van der Waals surface area (Å²) < 4.78 is 77.8. The van der Waals surface area contributed by atoms with Crippen molar-refractivity contribution in [3.63, 3.8) is 0 Å². The Morgan fingerprint density at radius 3 is 2.27 bits per heavy atom. The van der Waals surface area contributed by atoms with E-state index < -0.39 is 37.5 Å². The van der Waals surface area contributed by atoms with Crippen molar-refractivity contribution in [1.82, 2.24) is 4.72 Å². The van der Waals surface area contributed by atoms with E-state index in [4.69, 9.17) is 9.15 Å². The summed E-state index contributed by atoms with van der Waals surface area (Å²) in [5, 5.41) is -1.31. The highest BCUT2D eigenvalue weighted by atomic mass is 32.2. The van der Waals surface area contributed by atoms with Crippen LogP contribution in [0.2, 0.25) is 0 Å². The lowest BCUT2D eigenvalue weighted by Crippen LogP contribution is -2.32. The quantitative estimate of drug-likeness (QED) is 0.562. The lowest BCUT2D eigenvalue weighted by atomic mass is 10.2. The minimum atomic E-state index is -4.19. The molecule has 1 heterocycles. The molecule has 0 fully saturated rings. The van der Waals surface area contributed by atoms with Gasteiger partial charge in [-0.1, -0.05) is 17.7 Å². The molecule has 3 rings (SSSR count). The van der Waals surface area contributed by atoms with E-state index in [2.05, 4.69) is 4.72 Å². The number of furan rings is 1. The van der Waals surface area contributed by atoms with Crippen molar-refractivity contribution in [2.24, 2.45) is 0 Å². The summed E-state index contributed by atoms with van der Waals surface area (Å²) in [6, 6.07) is 12.3. The fourth-order valence-corrected chi connectivity index (χ4v) is 5.56. The van der Waals surface area contributed by atoms with E-state index in [9.17, 15) is 21.2 Å². The highest BCUT2D eigenvalue weighted by molar-refractivity contribution is 7.92. The number of aryl methyl sites for hydroxylation is 1. The monoisotopic (exact) mass is 453 g/mol. The van der Waals surface area contributed by atoms with Crippen LogP contribution in [0, 0.1) is 12.7 Å². The zero-order valence-electron chi connectivity index (χ0n) is 16.2. The summed E-state index contributed by atoms with van der Waals surface area (Å²) in [5.74, 6) is -0.876. The van der Waals surface area contributed by atoms with Crippen molar-refractivity contribution in [3.8, 4) is 5.75 Å². The molecule has 160 valence electrons. The van der Waals surface area contributed by atoms with Gasteiger partial charge in [0.15, 0.2) is 21.4 Å². The third-order valence-corrected chi connectivity index (χ3v) is 7.98. The molecule has 2 aromatic carbocycles. The standard InChI is InChI=1S/C20H20FNO6S2/c1-14-5-7-15(8-6-14)29(23,24)20(19-4-3-11-28-19)13-22-30(25,26)16-9-10-18(27-2)17(21)12-16/h3-12,20,22H,13H2,1-2H3. The van der Waals surface area contributed by atoms with Crippen molar-refractivity contribution in [3.05, 3.63) is 78.0 Å². The Morgan fingerprint density at radius 2 is 1.70 bits per heavy atom. The Hall–Kier alpha value is -2.69. The molecule has 30 heavy (non-hydrogen) atoms. The maximum atomic E-state index is 13.9. The summed E-state index contributed by atoms with van der Waals surface area (Å²) >= 11 is 0. The third-order valence-electron chi connectivity index (χ3n) is 4.48. The van der Waals surface area contributed by atoms with Gasteiger partial charge in [0.1, 0.15) is 11.0 Å². The number of hydrogen-bond acceptors (Lipinski definition) is 6. The maximum absolute atomic E-state index is 13.9. The zero-order valence-corrected chi connectivity index (χ0v) is 17.8. The van der Waals surface area contributed by atoms with E-state index >= 15 is 0 Å². The second kappa shape index (κ2) is 8.58. The molecule has 0 spiro atoms. The summed E-state index contributed by atoms with van der Waals surface area (Å²) in [5.41, 5.74) is 0.880. The number of sulfonamides is 1. The predicted octanol–water partition coefficient (Wildman–Crippen LogP) is 3.23. The van der Waals surface area contributed by atoms with Crippen molar-refractivity contribution < 1.29 is 30.4 Å². The van der Waals surface area contributed by atoms with E-state index in [1.165, 1.54) is 49.8 Å². The predicted molar refractivity (Wildman–Crippen MR) is 108 cm³/mol. The molecule has 0 amide bonds. The number of rotatable bonds is 8. The molecule has 0 aliphatic carbocycles. The van der Waals surface area contributed by atoms with Crippen LogP contribution in [-0.4, -0.2) is 30.5 Å². The lowest BCUT2D eigenvalue weighted by molar-refractivity contribution is 0.385. The highest BCUT2D eigenvalue weighted by Crippen LogP contribution is 2.30.